The van der Waals surface area contributed by atoms with Crippen LogP contribution in [0.15, 0.2) is 6.33 Å². The second kappa shape index (κ2) is 7.56. The number of rotatable bonds is 7. The van der Waals surface area contributed by atoms with E-state index in [1.807, 2.05) is 13.8 Å². The number of nitrogens with one attached hydrogen (secondary N) is 2. The predicted octanol–water partition coefficient (Wildman–Crippen LogP) is 1.83. The van der Waals surface area contributed by atoms with E-state index in [2.05, 4.69) is 20.6 Å². The Labute approximate surface area is 114 Å². The zero-order valence-electron chi connectivity index (χ0n) is 12.0. The first kappa shape index (κ1) is 15.2. The highest BCUT2D eigenvalue weighted by atomic mass is 16.5. The van der Waals surface area contributed by atoms with Crippen LogP contribution in [0, 0.1) is 0 Å². The number of nitrogens with zero attached hydrogens (tertiary/aromatic N) is 2. The van der Waals surface area contributed by atoms with Gasteiger partial charge in [-0.15, -0.1) is 0 Å². The Morgan fingerprint density at radius 1 is 1.32 bits per heavy atom. The van der Waals surface area contributed by atoms with Crippen LogP contribution < -0.4 is 10.6 Å². The van der Waals surface area contributed by atoms with Gasteiger partial charge in [-0.2, -0.15) is 0 Å². The lowest BCUT2D eigenvalue weighted by atomic mass is 10.2. The quantitative estimate of drug-likeness (QED) is 0.733. The molecule has 106 valence electrons. The van der Waals surface area contributed by atoms with Gasteiger partial charge in [0.15, 0.2) is 0 Å². The Kier molecular flexibility index (Phi) is 6.05. The van der Waals surface area contributed by atoms with Crippen molar-refractivity contribution in [3.63, 3.8) is 0 Å². The summed E-state index contributed by atoms with van der Waals surface area (Å²) in [5, 5.41) is 6.27. The summed E-state index contributed by atoms with van der Waals surface area (Å²) in [6.45, 7) is 8.74. The van der Waals surface area contributed by atoms with Crippen LogP contribution in [-0.4, -0.2) is 35.1 Å². The molecule has 0 amide bonds. The van der Waals surface area contributed by atoms with Crippen molar-refractivity contribution in [1.29, 1.82) is 0 Å². The normalized spacial score (nSPS) is 11.8. The van der Waals surface area contributed by atoms with Gasteiger partial charge < -0.3 is 15.4 Å². The molecule has 0 aliphatic heterocycles. The van der Waals surface area contributed by atoms with E-state index in [0.29, 0.717) is 12.4 Å². The minimum Gasteiger partial charge on any atom is -0.464 e. The average Bonchev–Trinajstić information content (AvgIpc) is 2.39. The molecule has 0 saturated carbocycles. The summed E-state index contributed by atoms with van der Waals surface area (Å²) in [6, 6.07) is -0.436. The van der Waals surface area contributed by atoms with Crippen LogP contribution in [0.1, 0.15) is 33.3 Å². The fourth-order valence-corrected chi connectivity index (χ4v) is 1.72. The van der Waals surface area contributed by atoms with Crippen LogP contribution in [0.25, 0.3) is 0 Å². The van der Waals surface area contributed by atoms with Gasteiger partial charge in [-0.1, -0.05) is 6.92 Å². The lowest BCUT2D eigenvalue weighted by Gasteiger charge is -2.17. The lowest BCUT2D eigenvalue weighted by molar-refractivity contribution is -0.143. The van der Waals surface area contributed by atoms with Crippen molar-refractivity contribution in [3.8, 4) is 0 Å². The number of carbonyl (C=O) groups is 1. The van der Waals surface area contributed by atoms with Crippen LogP contribution in [0.2, 0.25) is 0 Å². The van der Waals surface area contributed by atoms with E-state index in [0.717, 1.165) is 24.3 Å². The minimum absolute atomic E-state index is 0.284. The van der Waals surface area contributed by atoms with Crippen LogP contribution >= 0.6 is 0 Å². The monoisotopic (exact) mass is 266 g/mol. The summed E-state index contributed by atoms with van der Waals surface area (Å²) < 4.78 is 4.97. The molecule has 6 heteroatoms. The van der Waals surface area contributed by atoms with Crippen molar-refractivity contribution < 1.29 is 9.53 Å². The summed E-state index contributed by atoms with van der Waals surface area (Å²) in [6.07, 6.45) is 2.26. The molecule has 0 saturated heterocycles. The van der Waals surface area contributed by atoms with Gasteiger partial charge in [0.2, 0.25) is 0 Å². The first-order valence-corrected chi connectivity index (χ1v) is 6.64. The highest BCUT2D eigenvalue weighted by Gasteiger charge is 2.17. The third-order valence-electron chi connectivity index (χ3n) is 2.64. The van der Waals surface area contributed by atoms with Crippen LogP contribution in [0.5, 0.6) is 0 Å². The van der Waals surface area contributed by atoms with Gasteiger partial charge in [0.25, 0.3) is 0 Å². The van der Waals surface area contributed by atoms with E-state index < -0.39 is 6.04 Å². The van der Waals surface area contributed by atoms with Gasteiger partial charge in [-0.25, -0.2) is 14.8 Å². The number of hydrogen-bond acceptors (Lipinski definition) is 6. The highest BCUT2D eigenvalue weighted by molar-refractivity contribution is 5.79. The van der Waals surface area contributed by atoms with E-state index in [-0.39, 0.29) is 5.97 Å². The number of anilines is 2. The van der Waals surface area contributed by atoms with Crippen molar-refractivity contribution in [1.82, 2.24) is 9.97 Å². The molecule has 1 rings (SSSR count). The molecule has 2 N–H and O–H groups in total. The molecule has 0 aliphatic carbocycles. The van der Waals surface area contributed by atoms with Gasteiger partial charge in [-0.05, 0) is 27.2 Å². The number of carbonyl (C=O) groups excluding carboxylic acids is 1. The molecule has 0 aromatic carbocycles. The van der Waals surface area contributed by atoms with E-state index in [9.17, 15) is 4.79 Å². The molecule has 19 heavy (non-hydrogen) atoms. The van der Waals surface area contributed by atoms with Crippen molar-refractivity contribution >= 4 is 17.6 Å². The molecule has 1 aromatic heterocycles. The summed E-state index contributed by atoms with van der Waals surface area (Å²) in [4.78, 5) is 20.0. The molecule has 0 radical (unpaired) electrons. The number of ether oxygens (including phenoxy) is 1. The van der Waals surface area contributed by atoms with Crippen LogP contribution in [0.4, 0.5) is 11.6 Å². The summed E-state index contributed by atoms with van der Waals surface area (Å²) in [7, 11) is 0. The largest absolute Gasteiger partial charge is 0.464 e. The van der Waals surface area contributed by atoms with E-state index in [1.165, 1.54) is 6.33 Å². The number of esters is 1. The summed E-state index contributed by atoms with van der Waals surface area (Å²) in [5.41, 5.74) is 0.973. The maximum Gasteiger partial charge on any atom is 0.328 e. The minimum atomic E-state index is -0.436. The molecular formula is C13H22N4O2. The van der Waals surface area contributed by atoms with Crippen LogP contribution in [0.3, 0.4) is 0 Å². The standard InChI is InChI=1S/C13H22N4O2/c1-5-10-11(14-6-2)15-8-16-12(10)17-9(4)13(18)19-7-3/h8-9H,5-7H2,1-4H3,(H2,14,15,16,17). The van der Waals surface area contributed by atoms with Crippen LogP contribution in [-0.2, 0) is 16.0 Å². The Morgan fingerprint density at radius 2 is 2.00 bits per heavy atom. The Hall–Kier alpha value is -1.85. The zero-order valence-corrected chi connectivity index (χ0v) is 12.0. The molecule has 0 aliphatic rings. The smallest absolute Gasteiger partial charge is 0.328 e. The number of hydrogen-bond donors (Lipinski definition) is 2. The molecule has 6 nitrogen and oxygen atoms in total. The fraction of sp³-hybridized carbons (Fsp3) is 0.615. The Balaban J connectivity index is 2.88. The second-order valence-corrected chi connectivity index (χ2v) is 4.05. The molecule has 1 aromatic rings. The number of aromatic nitrogens is 2. The lowest BCUT2D eigenvalue weighted by Crippen LogP contribution is -2.29. The maximum atomic E-state index is 11.6. The zero-order chi connectivity index (χ0) is 14.3. The fourth-order valence-electron chi connectivity index (χ4n) is 1.72. The van der Waals surface area contributed by atoms with Gasteiger partial charge >= 0.3 is 5.97 Å². The van der Waals surface area contributed by atoms with E-state index in [1.54, 1.807) is 13.8 Å². The molecular weight excluding hydrogens is 244 g/mol. The van der Waals surface area contributed by atoms with Crippen molar-refractivity contribution in [2.24, 2.45) is 0 Å². The third kappa shape index (κ3) is 4.08. The molecule has 0 spiro atoms. The van der Waals surface area contributed by atoms with Gasteiger partial charge in [0, 0.05) is 12.1 Å². The molecule has 1 heterocycles. The molecule has 0 bridgehead atoms. The van der Waals surface area contributed by atoms with E-state index in [4.69, 9.17) is 4.74 Å². The molecule has 1 unspecified atom stereocenters. The maximum absolute atomic E-state index is 11.6. The van der Waals surface area contributed by atoms with Crippen molar-refractivity contribution in [2.45, 2.75) is 40.2 Å². The predicted molar refractivity (Wildman–Crippen MR) is 75.3 cm³/mol. The first-order valence-electron chi connectivity index (χ1n) is 6.64. The first-order chi connectivity index (χ1) is 9.13. The third-order valence-corrected chi connectivity index (χ3v) is 2.64. The van der Waals surface area contributed by atoms with Crippen molar-refractivity contribution in [3.05, 3.63) is 11.9 Å². The van der Waals surface area contributed by atoms with E-state index >= 15 is 0 Å². The molecule has 1 atom stereocenters. The topological polar surface area (TPSA) is 76.1 Å². The van der Waals surface area contributed by atoms with Gasteiger partial charge in [0.05, 0.1) is 6.61 Å². The molecule has 0 fully saturated rings. The summed E-state index contributed by atoms with van der Waals surface area (Å²) >= 11 is 0. The van der Waals surface area contributed by atoms with Gasteiger partial charge in [-0.3, -0.25) is 0 Å². The second-order valence-electron chi connectivity index (χ2n) is 4.05. The highest BCUT2D eigenvalue weighted by Crippen LogP contribution is 2.21. The van der Waals surface area contributed by atoms with Crippen molar-refractivity contribution in [2.75, 3.05) is 23.8 Å². The Bertz CT molecular complexity index is 423. The average molecular weight is 266 g/mol. The SMILES string of the molecule is CCNc1ncnc(NC(C)C(=O)OCC)c1CC. The summed E-state index contributed by atoms with van der Waals surface area (Å²) in [5.74, 6) is 1.20. The Morgan fingerprint density at radius 3 is 2.58 bits per heavy atom. The van der Waals surface area contributed by atoms with Gasteiger partial charge in [0.1, 0.15) is 24.0 Å².